The average molecular weight is 415 g/mol. The Morgan fingerprint density at radius 2 is 1.79 bits per heavy atom. The van der Waals surface area contributed by atoms with Crippen LogP contribution < -0.4 is 20.1 Å². The molecule has 28 heavy (non-hydrogen) atoms. The summed E-state index contributed by atoms with van der Waals surface area (Å²) in [5.41, 5.74) is -0.656. The van der Waals surface area contributed by atoms with Crippen molar-refractivity contribution in [3.8, 4) is 11.5 Å². The van der Waals surface area contributed by atoms with Crippen LogP contribution in [0.2, 0.25) is 5.02 Å². The van der Waals surface area contributed by atoms with Crippen LogP contribution in [-0.4, -0.2) is 18.6 Å². The highest BCUT2D eigenvalue weighted by Gasteiger charge is 2.31. The number of nitrogens with one attached hydrogen (secondary N) is 2. The Balaban J connectivity index is 1.67. The number of anilines is 1. The molecule has 0 aromatic heterocycles. The van der Waals surface area contributed by atoms with Gasteiger partial charge < -0.3 is 20.1 Å². The van der Waals surface area contributed by atoms with E-state index in [0.29, 0.717) is 23.1 Å². The summed E-state index contributed by atoms with van der Waals surface area (Å²) in [5.74, 6) is -1.09. The number of carbonyl (C=O) groups is 2. The highest BCUT2D eigenvalue weighted by Crippen LogP contribution is 2.35. The third-order valence-corrected chi connectivity index (χ3v) is 4.32. The molecule has 1 aliphatic rings. The molecule has 1 heterocycles. The number of alkyl halides is 3. The number of amides is 2. The zero-order valence-electron chi connectivity index (χ0n) is 14.4. The van der Waals surface area contributed by atoms with Gasteiger partial charge in [0.05, 0.1) is 22.3 Å². The molecule has 0 radical (unpaired) electrons. The number of carbonyl (C=O) groups excluding carboxylic acids is 2. The third kappa shape index (κ3) is 4.30. The first-order chi connectivity index (χ1) is 13.1. The molecule has 0 saturated heterocycles. The molecule has 6 nitrogen and oxygen atoms in total. The fourth-order valence-electron chi connectivity index (χ4n) is 2.50. The summed E-state index contributed by atoms with van der Waals surface area (Å²) >= 11 is 5.81. The molecule has 3 rings (SSSR count). The SMILES string of the molecule is CC(NC(=O)C(=O)Nc1cc(C(F)(F)F)ccc1Cl)c1ccc2c(c1)OCO2. The molecular formula is C18H14ClF3N2O4. The van der Waals surface area contributed by atoms with Gasteiger partial charge in [0.1, 0.15) is 0 Å². The predicted molar refractivity (Wildman–Crippen MR) is 94.2 cm³/mol. The lowest BCUT2D eigenvalue weighted by molar-refractivity contribution is -0.137. The maximum Gasteiger partial charge on any atom is 0.416 e. The Morgan fingerprint density at radius 1 is 1.07 bits per heavy atom. The summed E-state index contributed by atoms with van der Waals surface area (Å²) in [5, 5.41) is 4.43. The van der Waals surface area contributed by atoms with Crippen molar-refractivity contribution in [1.29, 1.82) is 0 Å². The third-order valence-electron chi connectivity index (χ3n) is 3.99. The molecule has 10 heteroatoms. The Bertz CT molecular complexity index is 934. The van der Waals surface area contributed by atoms with E-state index in [1.807, 2.05) is 0 Å². The molecule has 0 fully saturated rings. The Morgan fingerprint density at radius 3 is 2.50 bits per heavy atom. The normalized spacial score (nSPS) is 13.8. The minimum Gasteiger partial charge on any atom is -0.454 e. The van der Waals surface area contributed by atoms with Crippen molar-refractivity contribution in [3.63, 3.8) is 0 Å². The first-order valence-corrected chi connectivity index (χ1v) is 8.41. The van der Waals surface area contributed by atoms with Crippen LogP contribution in [0.4, 0.5) is 18.9 Å². The Hall–Kier alpha value is -2.94. The van der Waals surface area contributed by atoms with Gasteiger partial charge in [-0.25, -0.2) is 0 Å². The lowest BCUT2D eigenvalue weighted by Gasteiger charge is -2.15. The minimum absolute atomic E-state index is 0.0969. The molecule has 2 aromatic carbocycles. The quantitative estimate of drug-likeness (QED) is 0.747. The molecule has 0 saturated carbocycles. The average Bonchev–Trinajstić information content (AvgIpc) is 3.10. The van der Waals surface area contributed by atoms with E-state index >= 15 is 0 Å². The van der Waals surface area contributed by atoms with E-state index in [1.54, 1.807) is 25.1 Å². The molecule has 1 atom stereocenters. The van der Waals surface area contributed by atoms with Crippen LogP contribution in [0.25, 0.3) is 0 Å². The number of hydrogen-bond acceptors (Lipinski definition) is 4. The predicted octanol–water partition coefficient (Wildman–Crippen LogP) is 3.90. The lowest BCUT2D eigenvalue weighted by Crippen LogP contribution is -2.37. The monoisotopic (exact) mass is 414 g/mol. The van der Waals surface area contributed by atoms with Gasteiger partial charge in [0, 0.05) is 0 Å². The van der Waals surface area contributed by atoms with Crippen LogP contribution in [0.15, 0.2) is 36.4 Å². The Labute approximate surface area is 162 Å². The van der Waals surface area contributed by atoms with Gasteiger partial charge in [0.25, 0.3) is 0 Å². The van der Waals surface area contributed by atoms with E-state index < -0.39 is 29.6 Å². The fourth-order valence-corrected chi connectivity index (χ4v) is 2.67. The summed E-state index contributed by atoms with van der Waals surface area (Å²) < 4.78 is 48.8. The number of halogens is 4. The van der Waals surface area contributed by atoms with Gasteiger partial charge in [-0.05, 0) is 42.8 Å². The molecule has 0 aliphatic carbocycles. The van der Waals surface area contributed by atoms with Crippen molar-refractivity contribution >= 4 is 29.1 Å². The first kappa shape index (κ1) is 19.8. The molecule has 1 aliphatic heterocycles. The second-order valence-electron chi connectivity index (χ2n) is 5.95. The second kappa shape index (κ2) is 7.59. The summed E-state index contributed by atoms with van der Waals surface area (Å²) in [4.78, 5) is 24.2. The van der Waals surface area contributed by atoms with Crippen molar-refractivity contribution in [3.05, 3.63) is 52.5 Å². The topological polar surface area (TPSA) is 76.7 Å². The van der Waals surface area contributed by atoms with Gasteiger partial charge >= 0.3 is 18.0 Å². The van der Waals surface area contributed by atoms with Crippen LogP contribution in [0.1, 0.15) is 24.1 Å². The van der Waals surface area contributed by atoms with Gasteiger partial charge in [0.2, 0.25) is 6.79 Å². The second-order valence-corrected chi connectivity index (χ2v) is 6.36. The molecule has 2 amide bonds. The van der Waals surface area contributed by atoms with Crippen molar-refractivity contribution in [1.82, 2.24) is 5.32 Å². The van der Waals surface area contributed by atoms with E-state index in [-0.39, 0.29) is 17.5 Å². The number of hydrogen-bond donors (Lipinski definition) is 2. The first-order valence-electron chi connectivity index (χ1n) is 8.03. The zero-order valence-corrected chi connectivity index (χ0v) is 15.1. The maximum atomic E-state index is 12.8. The Kier molecular flexibility index (Phi) is 5.37. The summed E-state index contributed by atoms with van der Waals surface area (Å²) in [6, 6.07) is 6.89. The largest absolute Gasteiger partial charge is 0.454 e. The number of fused-ring (bicyclic) bond motifs is 1. The number of rotatable bonds is 3. The van der Waals surface area contributed by atoms with E-state index in [9.17, 15) is 22.8 Å². The van der Waals surface area contributed by atoms with Crippen molar-refractivity contribution in [2.24, 2.45) is 0 Å². The van der Waals surface area contributed by atoms with Crippen molar-refractivity contribution in [2.45, 2.75) is 19.1 Å². The van der Waals surface area contributed by atoms with Crippen LogP contribution in [0.3, 0.4) is 0 Å². The van der Waals surface area contributed by atoms with Crippen molar-refractivity contribution < 1.29 is 32.2 Å². The smallest absolute Gasteiger partial charge is 0.416 e. The molecule has 0 spiro atoms. The van der Waals surface area contributed by atoms with Crippen molar-refractivity contribution in [2.75, 3.05) is 12.1 Å². The molecule has 1 unspecified atom stereocenters. The zero-order chi connectivity index (χ0) is 20.5. The molecule has 2 N–H and O–H groups in total. The van der Waals surface area contributed by atoms with Crippen LogP contribution >= 0.6 is 11.6 Å². The van der Waals surface area contributed by atoms with Crippen LogP contribution in [-0.2, 0) is 15.8 Å². The van der Waals surface area contributed by atoms with Crippen LogP contribution in [0, 0.1) is 0 Å². The minimum atomic E-state index is -4.61. The molecular weight excluding hydrogens is 401 g/mol. The van der Waals surface area contributed by atoms with E-state index in [4.69, 9.17) is 21.1 Å². The van der Waals surface area contributed by atoms with Crippen LogP contribution in [0.5, 0.6) is 11.5 Å². The van der Waals surface area contributed by atoms with Gasteiger partial charge in [-0.2, -0.15) is 13.2 Å². The summed E-state index contributed by atoms with van der Waals surface area (Å²) in [6.45, 7) is 1.74. The standard InChI is InChI=1S/C18H14ClF3N2O4/c1-9(10-2-5-14-15(6-10)28-8-27-14)23-16(25)17(26)24-13-7-11(18(20,21)22)3-4-12(13)19/h2-7,9H,8H2,1H3,(H,23,25)(H,24,26). The number of ether oxygens (including phenoxy) is 2. The summed E-state index contributed by atoms with van der Waals surface area (Å²) in [6.07, 6.45) is -4.61. The molecule has 2 aromatic rings. The van der Waals surface area contributed by atoms with Gasteiger partial charge in [-0.1, -0.05) is 17.7 Å². The van der Waals surface area contributed by atoms with E-state index in [0.717, 1.165) is 12.1 Å². The number of benzene rings is 2. The van der Waals surface area contributed by atoms with Gasteiger partial charge in [-0.3, -0.25) is 9.59 Å². The van der Waals surface area contributed by atoms with Gasteiger partial charge in [0.15, 0.2) is 11.5 Å². The van der Waals surface area contributed by atoms with E-state index in [1.165, 1.54) is 0 Å². The maximum absolute atomic E-state index is 12.8. The highest BCUT2D eigenvalue weighted by molar-refractivity contribution is 6.41. The molecule has 148 valence electrons. The fraction of sp³-hybridized carbons (Fsp3) is 0.222. The van der Waals surface area contributed by atoms with Gasteiger partial charge in [-0.15, -0.1) is 0 Å². The lowest BCUT2D eigenvalue weighted by atomic mass is 10.1. The summed E-state index contributed by atoms with van der Waals surface area (Å²) in [7, 11) is 0. The van der Waals surface area contributed by atoms with E-state index in [2.05, 4.69) is 10.6 Å². The molecule has 0 bridgehead atoms. The highest BCUT2D eigenvalue weighted by atomic mass is 35.5.